The van der Waals surface area contributed by atoms with E-state index in [9.17, 15) is 14.4 Å². The van der Waals surface area contributed by atoms with Gasteiger partial charge in [-0.25, -0.2) is 0 Å². The van der Waals surface area contributed by atoms with Crippen molar-refractivity contribution >= 4 is 17.3 Å². The Hall–Kier alpha value is -0.990. The number of hydrogen-bond donors (Lipinski definition) is 0. The second kappa shape index (κ2) is 5.37. The lowest BCUT2D eigenvalue weighted by Gasteiger charge is -2.25. The predicted molar refractivity (Wildman–Crippen MR) is 61.1 cm³/mol. The largest absolute Gasteiger partial charge is 0.300 e. The predicted octanol–water partition coefficient (Wildman–Crippen LogP) is 2.46. The summed E-state index contributed by atoms with van der Waals surface area (Å²) in [7, 11) is 0. The van der Waals surface area contributed by atoms with Crippen molar-refractivity contribution in [3.8, 4) is 0 Å². The molecule has 0 unspecified atom stereocenters. The van der Waals surface area contributed by atoms with Gasteiger partial charge in [-0.1, -0.05) is 19.8 Å². The Bertz CT molecular complexity index is 288. The zero-order valence-electron chi connectivity index (χ0n) is 10.2. The molecule has 1 saturated carbocycles. The molecule has 0 aromatic rings. The fourth-order valence-electron chi connectivity index (χ4n) is 2.41. The van der Waals surface area contributed by atoms with Gasteiger partial charge in [-0.05, 0) is 19.8 Å². The quantitative estimate of drug-likeness (QED) is 0.651. The van der Waals surface area contributed by atoms with Gasteiger partial charge in [0.1, 0.15) is 17.3 Å². The van der Waals surface area contributed by atoms with Gasteiger partial charge >= 0.3 is 0 Å². The lowest BCUT2D eigenvalue weighted by atomic mass is 9.75. The average Bonchev–Trinajstić information content (AvgIpc) is 2.51. The van der Waals surface area contributed by atoms with E-state index in [0.717, 1.165) is 12.8 Å². The first-order valence-corrected chi connectivity index (χ1v) is 6.09. The van der Waals surface area contributed by atoms with Gasteiger partial charge in [0.15, 0.2) is 0 Å². The first-order chi connectivity index (χ1) is 7.53. The van der Waals surface area contributed by atoms with Crippen LogP contribution in [0.3, 0.4) is 0 Å². The molecular formula is C13H20O3. The molecule has 3 nitrogen and oxygen atoms in total. The van der Waals surface area contributed by atoms with Gasteiger partial charge in [0.2, 0.25) is 0 Å². The third kappa shape index (κ3) is 2.57. The van der Waals surface area contributed by atoms with Crippen LogP contribution < -0.4 is 0 Å². The summed E-state index contributed by atoms with van der Waals surface area (Å²) in [6.07, 6.45) is 4.02. The van der Waals surface area contributed by atoms with Crippen LogP contribution in [-0.4, -0.2) is 17.3 Å². The van der Waals surface area contributed by atoms with Crippen LogP contribution >= 0.6 is 0 Å². The van der Waals surface area contributed by atoms with Gasteiger partial charge in [-0.3, -0.25) is 9.59 Å². The number of unbranched alkanes of at least 4 members (excludes halogenated alkanes) is 1. The van der Waals surface area contributed by atoms with Gasteiger partial charge in [0, 0.05) is 19.3 Å². The summed E-state index contributed by atoms with van der Waals surface area (Å²) in [5.74, 6) is 0.183. The molecule has 0 atom stereocenters. The number of hydrogen-bond acceptors (Lipinski definition) is 3. The maximum Gasteiger partial charge on any atom is 0.146 e. The topological polar surface area (TPSA) is 51.2 Å². The highest BCUT2D eigenvalue weighted by molar-refractivity contribution is 6.13. The second-order valence-electron chi connectivity index (χ2n) is 4.73. The number of Topliss-reactive ketones (excluding diaryl/α,β-unsaturated/α-hetero) is 3. The fourth-order valence-corrected chi connectivity index (χ4v) is 2.41. The minimum Gasteiger partial charge on any atom is -0.300 e. The fraction of sp³-hybridized carbons (Fsp3) is 0.769. The highest BCUT2D eigenvalue weighted by Crippen LogP contribution is 2.40. The van der Waals surface area contributed by atoms with Gasteiger partial charge < -0.3 is 4.79 Å². The molecule has 0 radical (unpaired) electrons. The van der Waals surface area contributed by atoms with Gasteiger partial charge in [-0.2, -0.15) is 0 Å². The van der Waals surface area contributed by atoms with Crippen molar-refractivity contribution in [2.45, 2.75) is 58.8 Å². The van der Waals surface area contributed by atoms with E-state index in [1.807, 2.05) is 6.92 Å². The normalized spacial score (nSPS) is 19.1. The van der Waals surface area contributed by atoms with E-state index >= 15 is 0 Å². The molecule has 0 aliphatic heterocycles. The SMILES string of the molecule is CCCCC1(CCC(C)=O)C(=O)CCC1=O. The van der Waals surface area contributed by atoms with E-state index in [0.29, 0.717) is 32.1 Å². The first kappa shape index (κ1) is 13.1. The summed E-state index contributed by atoms with van der Waals surface area (Å²) in [5.41, 5.74) is -0.804. The third-order valence-corrected chi connectivity index (χ3v) is 3.51. The van der Waals surface area contributed by atoms with E-state index in [4.69, 9.17) is 0 Å². The maximum absolute atomic E-state index is 11.9. The summed E-state index contributed by atoms with van der Waals surface area (Å²) in [4.78, 5) is 34.8. The van der Waals surface area contributed by atoms with Crippen molar-refractivity contribution in [1.29, 1.82) is 0 Å². The van der Waals surface area contributed by atoms with E-state index in [1.54, 1.807) is 0 Å². The van der Waals surface area contributed by atoms with Crippen LogP contribution in [0, 0.1) is 5.41 Å². The average molecular weight is 224 g/mol. The maximum atomic E-state index is 11.9. The van der Waals surface area contributed by atoms with Crippen LogP contribution in [0.2, 0.25) is 0 Å². The Kier molecular flexibility index (Phi) is 4.39. The molecule has 0 saturated heterocycles. The van der Waals surface area contributed by atoms with Gasteiger partial charge in [0.25, 0.3) is 0 Å². The molecule has 0 bridgehead atoms. The molecule has 3 heteroatoms. The Morgan fingerprint density at radius 1 is 1.19 bits per heavy atom. The van der Waals surface area contributed by atoms with E-state index in [2.05, 4.69) is 0 Å². The molecule has 0 amide bonds. The third-order valence-electron chi connectivity index (χ3n) is 3.51. The summed E-state index contributed by atoms with van der Waals surface area (Å²) >= 11 is 0. The molecule has 1 rings (SSSR count). The molecule has 0 spiro atoms. The van der Waals surface area contributed by atoms with Crippen molar-refractivity contribution in [3.05, 3.63) is 0 Å². The van der Waals surface area contributed by atoms with Crippen molar-refractivity contribution in [2.75, 3.05) is 0 Å². The van der Waals surface area contributed by atoms with Crippen molar-refractivity contribution in [1.82, 2.24) is 0 Å². The van der Waals surface area contributed by atoms with Gasteiger partial charge in [0.05, 0.1) is 5.41 Å². The number of ketones is 3. The molecular weight excluding hydrogens is 204 g/mol. The van der Waals surface area contributed by atoms with Crippen LogP contribution in [0.15, 0.2) is 0 Å². The Balaban J connectivity index is 2.78. The summed E-state index contributed by atoms with van der Waals surface area (Å²) in [6, 6.07) is 0. The molecule has 1 aliphatic carbocycles. The van der Waals surface area contributed by atoms with Crippen LogP contribution in [0.5, 0.6) is 0 Å². The van der Waals surface area contributed by atoms with E-state index in [1.165, 1.54) is 6.92 Å². The van der Waals surface area contributed by atoms with Crippen LogP contribution in [-0.2, 0) is 14.4 Å². The van der Waals surface area contributed by atoms with Gasteiger partial charge in [-0.15, -0.1) is 0 Å². The standard InChI is InChI=1S/C13H20O3/c1-3-4-8-13(9-7-10(2)14)11(15)5-6-12(13)16/h3-9H2,1-2H3. The van der Waals surface area contributed by atoms with Crippen LogP contribution in [0.1, 0.15) is 58.8 Å². The number of carbonyl (C=O) groups excluding carboxylic acids is 3. The number of rotatable bonds is 6. The van der Waals surface area contributed by atoms with Crippen LogP contribution in [0.25, 0.3) is 0 Å². The highest BCUT2D eigenvalue weighted by Gasteiger charge is 2.48. The molecule has 90 valence electrons. The Labute approximate surface area is 96.6 Å². The first-order valence-electron chi connectivity index (χ1n) is 6.09. The molecule has 1 aliphatic rings. The van der Waals surface area contributed by atoms with E-state index < -0.39 is 5.41 Å². The van der Waals surface area contributed by atoms with E-state index in [-0.39, 0.29) is 17.3 Å². The minimum atomic E-state index is -0.804. The lowest BCUT2D eigenvalue weighted by Crippen LogP contribution is -2.33. The Morgan fingerprint density at radius 2 is 1.75 bits per heavy atom. The zero-order chi connectivity index (χ0) is 12.2. The van der Waals surface area contributed by atoms with Crippen molar-refractivity contribution in [2.24, 2.45) is 5.41 Å². The van der Waals surface area contributed by atoms with Crippen molar-refractivity contribution in [3.63, 3.8) is 0 Å². The monoisotopic (exact) mass is 224 g/mol. The summed E-state index contributed by atoms with van der Waals surface area (Å²) in [5, 5.41) is 0. The molecule has 0 N–H and O–H groups in total. The number of carbonyl (C=O) groups is 3. The summed E-state index contributed by atoms with van der Waals surface area (Å²) < 4.78 is 0. The lowest BCUT2D eigenvalue weighted by molar-refractivity contribution is -0.136. The molecule has 1 fully saturated rings. The van der Waals surface area contributed by atoms with Crippen molar-refractivity contribution < 1.29 is 14.4 Å². The highest BCUT2D eigenvalue weighted by atomic mass is 16.2. The molecule has 0 aromatic heterocycles. The minimum absolute atomic E-state index is 0.0587. The molecule has 16 heavy (non-hydrogen) atoms. The molecule has 0 aromatic carbocycles. The summed E-state index contributed by atoms with van der Waals surface area (Å²) in [6.45, 7) is 3.56. The van der Waals surface area contributed by atoms with Crippen LogP contribution in [0.4, 0.5) is 0 Å². The zero-order valence-corrected chi connectivity index (χ0v) is 10.2. The Morgan fingerprint density at radius 3 is 2.19 bits per heavy atom. The molecule has 0 heterocycles. The smallest absolute Gasteiger partial charge is 0.146 e. The second-order valence-corrected chi connectivity index (χ2v) is 4.73.